The minimum absolute atomic E-state index is 0.345. The molecule has 0 fully saturated rings. The van der Waals surface area contributed by atoms with Crippen LogP contribution in [0.4, 0.5) is 0 Å². The molecule has 4 nitrogen and oxygen atoms in total. The largest absolute Gasteiger partial charge is 0.479 e. The lowest BCUT2D eigenvalue weighted by Gasteiger charge is -2.14. The summed E-state index contributed by atoms with van der Waals surface area (Å²) in [5.74, 6) is -1.46. The van der Waals surface area contributed by atoms with E-state index in [0.29, 0.717) is 10.6 Å². The van der Waals surface area contributed by atoms with E-state index >= 15 is 0 Å². The first-order chi connectivity index (χ1) is 9.49. The van der Waals surface area contributed by atoms with Crippen LogP contribution in [-0.4, -0.2) is 27.4 Å². The second-order valence-corrected chi connectivity index (χ2v) is 4.79. The Balaban J connectivity index is 2.22. The van der Waals surface area contributed by atoms with Crippen LogP contribution in [-0.2, 0) is 4.79 Å². The normalized spacial score (nSPS) is 13.8. The standard InChI is InChI=1S/C15H13ClO4/c16-12-7-5-10(6-8-12)9-1-3-11(4-2-9)13(17)14(18)15(19)20/h1-8,13-14,17-18H,(H,19,20). The maximum Gasteiger partial charge on any atom is 0.335 e. The van der Waals surface area contributed by atoms with Crippen LogP contribution in [0, 0.1) is 0 Å². The molecule has 5 heteroatoms. The van der Waals surface area contributed by atoms with Crippen molar-refractivity contribution in [2.45, 2.75) is 12.2 Å². The minimum Gasteiger partial charge on any atom is -0.479 e. The molecule has 0 heterocycles. The quantitative estimate of drug-likeness (QED) is 0.809. The summed E-state index contributed by atoms with van der Waals surface area (Å²) in [6, 6.07) is 13.9. The van der Waals surface area contributed by atoms with Gasteiger partial charge in [-0.2, -0.15) is 0 Å². The first-order valence-corrected chi connectivity index (χ1v) is 6.31. The van der Waals surface area contributed by atoms with Gasteiger partial charge in [-0.3, -0.25) is 0 Å². The zero-order valence-corrected chi connectivity index (χ0v) is 11.2. The number of carbonyl (C=O) groups is 1. The number of carboxylic acids is 1. The number of benzene rings is 2. The van der Waals surface area contributed by atoms with Crippen molar-refractivity contribution in [2.75, 3.05) is 0 Å². The molecule has 0 saturated carbocycles. The number of aliphatic hydroxyl groups excluding tert-OH is 2. The average molecular weight is 293 g/mol. The molecule has 2 atom stereocenters. The number of hydrogen-bond acceptors (Lipinski definition) is 3. The van der Waals surface area contributed by atoms with Crippen molar-refractivity contribution in [3.8, 4) is 11.1 Å². The van der Waals surface area contributed by atoms with E-state index < -0.39 is 18.2 Å². The smallest absolute Gasteiger partial charge is 0.335 e. The van der Waals surface area contributed by atoms with E-state index in [9.17, 15) is 15.0 Å². The van der Waals surface area contributed by atoms with Gasteiger partial charge in [-0.15, -0.1) is 0 Å². The van der Waals surface area contributed by atoms with E-state index in [-0.39, 0.29) is 0 Å². The number of hydrogen-bond donors (Lipinski definition) is 3. The highest BCUT2D eigenvalue weighted by Gasteiger charge is 2.24. The fraction of sp³-hybridized carbons (Fsp3) is 0.133. The van der Waals surface area contributed by atoms with Gasteiger partial charge < -0.3 is 15.3 Å². The van der Waals surface area contributed by atoms with Gasteiger partial charge in [-0.05, 0) is 28.8 Å². The fourth-order valence-corrected chi connectivity index (χ4v) is 1.96. The number of aliphatic carboxylic acids is 1. The summed E-state index contributed by atoms with van der Waals surface area (Å²) >= 11 is 5.81. The molecule has 0 aliphatic rings. The van der Waals surface area contributed by atoms with E-state index in [1.54, 1.807) is 36.4 Å². The Morgan fingerprint density at radius 2 is 1.35 bits per heavy atom. The molecule has 20 heavy (non-hydrogen) atoms. The average Bonchev–Trinajstić information content (AvgIpc) is 2.46. The predicted molar refractivity (Wildman–Crippen MR) is 75.5 cm³/mol. The van der Waals surface area contributed by atoms with Crippen LogP contribution < -0.4 is 0 Å². The Labute approximate surface area is 120 Å². The first kappa shape index (κ1) is 14.5. The molecule has 0 aliphatic carbocycles. The van der Waals surface area contributed by atoms with Gasteiger partial charge in [0.1, 0.15) is 6.10 Å². The molecule has 0 aliphatic heterocycles. The predicted octanol–water partition coefficient (Wildman–Crippen LogP) is 2.49. The van der Waals surface area contributed by atoms with Crippen molar-refractivity contribution in [3.05, 3.63) is 59.1 Å². The zero-order valence-electron chi connectivity index (χ0n) is 10.4. The van der Waals surface area contributed by atoms with Gasteiger partial charge in [0.05, 0.1) is 0 Å². The monoisotopic (exact) mass is 292 g/mol. The second kappa shape index (κ2) is 6.05. The summed E-state index contributed by atoms with van der Waals surface area (Å²) in [4.78, 5) is 10.6. The van der Waals surface area contributed by atoms with Crippen molar-refractivity contribution >= 4 is 17.6 Å². The van der Waals surface area contributed by atoms with Gasteiger partial charge >= 0.3 is 5.97 Å². The molecular formula is C15H13ClO4. The third kappa shape index (κ3) is 3.17. The van der Waals surface area contributed by atoms with Crippen LogP contribution in [0.5, 0.6) is 0 Å². The van der Waals surface area contributed by atoms with Crippen molar-refractivity contribution in [1.29, 1.82) is 0 Å². The van der Waals surface area contributed by atoms with Crippen molar-refractivity contribution < 1.29 is 20.1 Å². The van der Waals surface area contributed by atoms with Gasteiger partial charge in [0.2, 0.25) is 0 Å². The van der Waals surface area contributed by atoms with Gasteiger partial charge in [-0.25, -0.2) is 4.79 Å². The molecule has 0 aromatic heterocycles. The van der Waals surface area contributed by atoms with Crippen LogP contribution in [0.15, 0.2) is 48.5 Å². The molecule has 3 N–H and O–H groups in total. The van der Waals surface area contributed by atoms with Crippen molar-refractivity contribution in [3.63, 3.8) is 0 Å². The molecule has 0 radical (unpaired) electrons. The lowest BCUT2D eigenvalue weighted by Crippen LogP contribution is -2.27. The molecule has 0 saturated heterocycles. The molecule has 104 valence electrons. The maximum atomic E-state index is 10.6. The van der Waals surface area contributed by atoms with Gasteiger partial charge in [0.15, 0.2) is 6.10 Å². The van der Waals surface area contributed by atoms with Crippen LogP contribution in [0.1, 0.15) is 11.7 Å². The SMILES string of the molecule is O=C(O)C(O)C(O)c1ccc(-c2ccc(Cl)cc2)cc1. The van der Waals surface area contributed by atoms with Crippen LogP contribution in [0.3, 0.4) is 0 Å². The Bertz CT molecular complexity index is 592. The van der Waals surface area contributed by atoms with Crippen LogP contribution >= 0.6 is 11.6 Å². The van der Waals surface area contributed by atoms with Gasteiger partial charge in [0, 0.05) is 5.02 Å². The summed E-state index contributed by atoms with van der Waals surface area (Å²) < 4.78 is 0. The Morgan fingerprint density at radius 3 is 1.80 bits per heavy atom. The first-order valence-electron chi connectivity index (χ1n) is 5.94. The minimum atomic E-state index is -1.84. The number of carboxylic acid groups (broad SMARTS) is 1. The highest BCUT2D eigenvalue weighted by Crippen LogP contribution is 2.24. The summed E-state index contributed by atoms with van der Waals surface area (Å²) in [5, 5.41) is 28.3. The highest BCUT2D eigenvalue weighted by molar-refractivity contribution is 6.30. The van der Waals surface area contributed by atoms with E-state index in [1.807, 2.05) is 12.1 Å². The summed E-state index contributed by atoms with van der Waals surface area (Å²) in [5.41, 5.74) is 2.20. The second-order valence-electron chi connectivity index (χ2n) is 4.36. The summed E-state index contributed by atoms with van der Waals surface area (Å²) in [7, 11) is 0. The molecule has 2 unspecified atom stereocenters. The molecular weight excluding hydrogens is 280 g/mol. The molecule has 2 aromatic rings. The van der Waals surface area contributed by atoms with Crippen LogP contribution in [0.2, 0.25) is 5.02 Å². The third-order valence-corrected chi connectivity index (χ3v) is 3.23. The van der Waals surface area contributed by atoms with E-state index in [1.165, 1.54) is 0 Å². The van der Waals surface area contributed by atoms with Crippen molar-refractivity contribution in [2.24, 2.45) is 0 Å². The van der Waals surface area contributed by atoms with E-state index in [0.717, 1.165) is 11.1 Å². The number of aliphatic hydroxyl groups is 2. The number of rotatable bonds is 4. The van der Waals surface area contributed by atoms with E-state index in [4.69, 9.17) is 16.7 Å². The Hall–Kier alpha value is -1.88. The molecule has 2 aromatic carbocycles. The van der Waals surface area contributed by atoms with E-state index in [2.05, 4.69) is 0 Å². The molecule has 0 spiro atoms. The summed E-state index contributed by atoms with van der Waals surface area (Å²) in [6.45, 7) is 0. The topological polar surface area (TPSA) is 77.8 Å². The lowest BCUT2D eigenvalue weighted by atomic mass is 10.00. The highest BCUT2D eigenvalue weighted by atomic mass is 35.5. The Kier molecular flexibility index (Phi) is 4.39. The van der Waals surface area contributed by atoms with Crippen LogP contribution in [0.25, 0.3) is 11.1 Å². The van der Waals surface area contributed by atoms with Gasteiger partial charge in [-0.1, -0.05) is 48.0 Å². The van der Waals surface area contributed by atoms with Gasteiger partial charge in [0.25, 0.3) is 0 Å². The fourth-order valence-electron chi connectivity index (χ4n) is 1.83. The maximum absolute atomic E-state index is 10.6. The van der Waals surface area contributed by atoms with Crippen molar-refractivity contribution in [1.82, 2.24) is 0 Å². The molecule has 2 rings (SSSR count). The molecule has 0 bridgehead atoms. The Morgan fingerprint density at radius 1 is 0.900 bits per heavy atom. The number of halogens is 1. The zero-order chi connectivity index (χ0) is 14.7. The lowest BCUT2D eigenvalue weighted by molar-refractivity contribution is -0.153. The summed E-state index contributed by atoms with van der Waals surface area (Å²) in [6.07, 6.45) is -3.29. The third-order valence-electron chi connectivity index (χ3n) is 2.98. The molecule has 0 amide bonds.